The van der Waals surface area contributed by atoms with Crippen molar-refractivity contribution >= 4 is 0 Å². The Morgan fingerprint density at radius 2 is 2.00 bits per heavy atom. The molecule has 0 aromatic rings. The Labute approximate surface area is 93.2 Å². The van der Waals surface area contributed by atoms with Crippen molar-refractivity contribution in [2.24, 2.45) is 0 Å². The highest BCUT2D eigenvalue weighted by molar-refractivity contribution is 4.92. The third kappa shape index (κ3) is 2.35. The number of likely N-dealkylation sites (N-methyl/N-ethyl adjacent to an activating group) is 1. The van der Waals surface area contributed by atoms with Crippen LogP contribution >= 0.6 is 0 Å². The molecule has 0 aromatic carbocycles. The van der Waals surface area contributed by atoms with Crippen LogP contribution in [0.3, 0.4) is 0 Å². The summed E-state index contributed by atoms with van der Waals surface area (Å²) in [6.07, 6.45) is 5.76. The number of hydrogen-bond acceptors (Lipinski definition) is 3. The van der Waals surface area contributed by atoms with E-state index < -0.39 is 0 Å². The lowest BCUT2D eigenvalue weighted by Crippen LogP contribution is -2.62. The molecular formula is C12H24N2O. The zero-order chi connectivity index (χ0) is 10.7. The van der Waals surface area contributed by atoms with Gasteiger partial charge in [0, 0.05) is 32.3 Å². The van der Waals surface area contributed by atoms with Crippen molar-refractivity contribution in [3.63, 3.8) is 0 Å². The van der Waals surface area contributed by atoms with Gasteiger partial charge in [0.1, 0.15) is 0 Å². The molecule has 88 valence electrons. The van der Waals surface area contributed by atoms with Crippen molar-refractivity contribution in [3.05, 3.63) is 0 Å². The van der Waals surface area contributed by atoms with Crippen LogP contribution in [0.4, 0.5) is 0 Å². The summed E-state index contributed by atoms with van der Waals surface area (Å²) in [5.41, 5.74) is 0. The highest BCUT2D eigenvalue weighted by atomic mass is 16.5. The predicted molar refractivity (Wildman–Crippen MR) is 62.1 cm³/mol. The van der Waals surface area contributed by atoms with Gasteiger partial charge in [-0.1, -0.05) is 19.8 Å². The number of rotatable bonds is 4. The molecule has 0 bridgehead atoms. The van der Waals surface area contributed by atoms with Gasteiger partial charge in [0.15, 0.2) is 0 Å². The molecule has 1 N–H and O–H groups in total. The summed E-state index contributed by atoms with van der Waals surface area (Å²) < 4.78 is 5.64. The van der Waals surface area contributed by atoms with Crippen LogP contribution in [0.15, 0.2) is 0 Å². The molecule has 1 saturated heterocycles. The molecule has 1 aliphatic heterocycles. The van der Waals surface area contributed by atoms with Crippen LogP contribution in [0.5, 0.6) is 0 Å². The minimum atomic E-state index is 0.472. The molecule has 0 radical (unpaired) electrons. The summed E-state index contributed by atoms with van der Waals surface area (Å²) in [5, 5.41) is 3.37. The molecule has 0 spiro atoms. The first-order valence-corrected chi connectivity index (χ1v) is 6.36. The Balaban J connectivity index is 1.97. The Kier molecular flexibility index (Phi) is 4.00. The molecule has 15 heavy (non-hydrogen) atoms. The number of ether oxygens (including phenoxy) is 1. The summed E-state index contributed by atoms with van der Waals surface area (Å²) in [4.78, 5) is 2.66. The van der Waals surface area contributed by atoms with E-state index in [2.05, 4.69) is 17.1 Å². The fourth-order valence-electron chi connectivity index (χ4n) is 3.00. The lowest BCUT2D eigenvalue weighted by atomic mass is 9.89. The summed E-state index contributed by atoms with van der Waals surface area (Å²) in [5.74, 6) is 0. The first-order valence-electron chi connectivity index (χ1n) is 6.36. The maximum absolute atomic E-state index is 5.64. The van der Waals surface area contributed by atoms with E-state index in [1.54, 1.807) is 0 Å². The van der Waals surface area contributed by atoms with E-state index in [4.69, 9.17) is 4.74 Å². The Morgan fingerprint density at radius 1 is 1.27 bits per heavy atom. The summed E-state index contributed by atoms with van der Waals surface area (Å²) in [6, 6.07) is 1.43. The monoisotopic (exact) mass is 212 g/mol. The zero-order valence-corrected chi connectivity index (χ0v) is 10.0. The van der Waals surface area contributed by atoms with Crippen LogP contribution in [0.2, 0.25) is 0 Å². The van der Waals surface area contributed by atoms with Gasteiger partial charge in [-0.3, -0.25) is 4.90 Å². The van der Waals surface area contributed by atoms with Gasteiger partial charge in [-0.25, -0.2) is 0 Å². The third-order valence-corrected chi connectivity index (χ3v) is 3.99. The maximum atomic E-state index is 5.64. The minimum Gasteiger partial charge on any atom is -0.380 e. The largest absolute Gasteiger partial charge is 0.380 e. The highest BCUT2D eigenvalue weighted by Crippen LogP contribution is 2.27. The van der Waals surface area contributed by atoms with Gasteiger partial charge >= 0.3 is 0 Å². The first-order chi connectivity index (χ1) is 7.36. The predicted octanol–water partition coefficient (Wildman–Crippen LogP) is 1.24. The molecule has 0 amide bonds. The zero-order valence-electron chi connectivity index (χ0n) is 10.0. The number of hydrogen-bond donors (Lipinski definition) is 1. The van der Waals surface area contributed by atoms with Gasteiger partial charge in [-0.15, -0.1) is 0 Å². The van der Waals surface area contributed by atoms with E-state index in [0.29, 0.717) is 12.1 Å². The van der Waals surface area contributed by atoms with Crippen LogP contribution in [-0.2, 0) is 4.74 Å². The fraction of sp³-hybridized carbons (Fsp3) is 1.00. The molecule has 2 fully saturated rings. The van der Waals surface area contributed by atoms with Gasteiger partial charge < -0.3 is 10.1 Å². The van der Waals surface area contributed by atoms with E-state index in [1.807, 2.05) is 7.11 Å². The molecule has 2 atom stereocenters. The number of nitrogens with zero attached hydrogens (tertiary/aromatic N) is 1. The maximum Gasteiger partial charge on any atom is 0.0726 e. The van der Waals surface area contributed by atoms with Gasteiger partial charge in [0.05, 0.1) is 6.10 Å². The standard InChI is InChI=1S/C12H24N2O/c1-3-14(10-8-13-9-10)11-6-4-5-7-12(11)15-2/h10-13H,3-9H2,1-2H3. The van der Waals surface area contributed by atoms with Crippen LogP contribution < -0.4 is 5.32 Å². The average molecular weight is 212 g/mol. The molecule has 2 aliphatic rings. The second-order valence-corrected chi connectivity index (χ2v) is 4.77. The second-order valence-electron chi connectivity index (χ2n) is 4.77. The Morgan fingerprint density at radius 3 is 2.53 bits per heavy atom. The van der Waals surface area contributed by atoms with E-state index in [1.165, 1.54) is 38.8 Å². The molecular weight excluding hydrogens is 188 g/mol. The van der Waals surface area contributed by atoms with E-state index >= 15 is 0 Å². The molecule has 1 saturated carbocycles. The quantitative estimate of drug-likeness (QED) is 0.759. The van der Waals surface area contributed by atoms with Crippen molar-refractivity contribution in [2.75, 3.05) is 26.7 Å². The SMILES string of the molecule is CCN(C1CNC1)C1CCCCC1OC. The van der Waals surface area contributed by atoms with Crippen LogP contribution in [-0.4, -0.2) is 49.8 Å². The van der Waals surface area contributed by atoms with E-state index in [-0.39, 0.29) is 0 Å². The topological polar surface area (TPSA) is 24.5 Å². The summed E-state index contributed by atoms with van der Waals surface area (Å²) in [6.45, 7) is 5.78. The average Bonchev–Trinajstić information content (AvgIpc) is 2.23. The van der Waals surface area contributed by atoms with Gasteiger partial charge in [0.25, 0.3) is 0 Å². The van der Waals surface area contributed by atoms with Crippen LogP contribution in [0.1, 0.15) is 32.6 Å². The Hall–Kier alpha value is -0.120. The van der Waals surface area contributed by atoms with Crippen LogP contribution in [0, 0.1) is 0 Å². The summed E-state index contributed by atoms with van der Waals surface area (Å²) >= 11 is 0. The molecule has 1 aliphatic carbocycles. The van der Waals surface area contributed by atoms with Crippen molar-refractivity contribution in [1.29, 1.82) is 0 Å². The second kappa shape index (κ2) is 5.28. The third-order valence-electron chi connectivity index (χ3n) is 3.99. The molecule has 3 heteroatoms. The summed E-state index contributed by atoms with van der Waals surface area (Å²) in [7, 11) is 1.87. The normalized spacial score (nSPS) is 33.0. The van der Waals surface area contributed by atoms with Crippen molar-refractivity contribution < 1.29 is 4.74 Å². The molecule has 1 heterocycles. The molecule has 2 rings (SSSR count). The molecule has 2 unspecified atom stereocenters. The highest BCUT2D eigenvalue weighted by Gasteiger charge is 2.35. The van der Waals surface area contributed by atoms with Crippen molar-refractivity contribution in [3.8, 4) is 0 Å². The molecule has 3 nitrogen and oxygen atoms in total. The van der Waals surface area contributed by atoms with E-state index in [0.717, 1.165) is 12.6 Å². The number of nitrogens with one attached hydrogen (secondary N) is 1. The lowest BCUT2D eigenvalue weighted by Gasteiger charge is -2.46. The van der Waals surface area contributed by atoms with Gasteiger partial charge in [-0.2, -0.15) is 0 Å². The van der Waals surface area contributed by atoms with E-state index in [9.17, 15) is 0 Å². The van der Waals surface area contributed by atoms with Crippen LogP contribution in [0.25, 0.3) is 0 Å². The van der Waals surface area contributed by atoms with Crippen molar-refractivity contribution in [1.82, 2.24) is 10.2 Å². The minimum absolute atomic E-state index is 0.472. The Bertz CT molecular complexity index is 194. The molecule has 0 aromatic heterocycles. The van der Waals surface area contributed by atoms with Gasteiger partial charge in [0.2, 0.25) is 0 Å². The lowest BCUT2D eigenvalue weighted by molar-refractivity contribution is -0.0335. The van der Waals surface area contributed by atoms with Crippen molar-refractivity contribution in [2.45, 2.75) is 50.8 Å². The number of methoxy groups -OCH3 is 1. The smallest absolute Gasteiger partial charge is 0.0726 e. The van der Waals surface area contributed by atoms with Gasteiger partial charge in [-0.05, 0) is 19.4 Å². The fourth-order valence-corrected chi connectivity index (χ4v) is 3.00. The first kappa shape index (κ1) is 11.4.